The third-order valence-corrected chi connectivity index (χ3v) is 5.34. The highest BCUT2D eigenvalue weighted by Gasteiger charge is 2.22. The number of carbonyl (C=O) groups excluding carboxylic acids is 1. The Labute approximate surface area is 157 Å². The van der Waals surface area contributed by atoms with E-state index in [-0.39, 0.29) is 25.4 Å². The van der Waals surface area contributed by atoms with E-state index in [1.807, 2.05) is 6.92 Å². The largest absolute Gasteiger partial charge is 0.481 e. The van der Waals surface area contributed by atoms with Crippen molar-refractivity contribution in [2.75, 3.05) is 6.54 Å². The Morgan fingerprint density at radius 3 is 2.63 bits per heavy atom. The smallest absolute Gasteiger partial charge is 0.305 e. The number of amides is 1. The van der Waals surface area contributed by atoms with E-state index in [2.05, 4.69) is 5.10 Å². The second kappa shape index (κ2) is 7.43. The lowest BCUT2D eigenvalue weighted by atomic mass is 10.2. The van der Waals surface area contributed by atoms with Crippen LogP contribution in [0.5, 0.6) is 0 Å². The van der Waals surface area contributed by atoms with Crippen LogP contribution in [0.3, 0.4) is 0 Å². The van der Waals surface area contributed by atoms with E-state index in [0.29, 0.717) is 10.4 Å². The molecule has 1 N–H and O–H groups in total. The molecular formula is C18H17F2N3O3S. The van der Waals surface area contributed by atoms with Gasteiger partial charge in [0.1, 0.15) is 4.83 Å². The molecule has 0 aliphatic heterocycles. The molecule has 9 heteroatoms. The molecule has 0 saturated heterocycles. The van der Waals surface area contributed by atoms with Gasteiger partial charge in [-0.3, -0.25) is 14.3 Å². The van der Waals surface area contributed by atoms with Crippen LogP contribution < -0.4 is 0 Å². The van der Waals surface area contributed by atoms with Gasteiger partial charge in [-0.25, -0.2) is 8.78 Å². The molecule has 142 valence electrons. The Hall–Kier alpha value is -2.81. The first kappa shape index (κ1) is 19.0. The van der Waals surface area contributed by atoms with Gasteiger partial charge >= 0.3 is 5.97 Å². The molecule has 1 aromatic carbocycles. The van der Waals surface area contributed by atoms with E-state index in [1.165, 1.54) is 22.3 Å². The molecule has 0 fully saturated rings. The zero-order valence-corrected chi connectivity index (χ0v) is 15.5. The number of aliphatic carboxylic acids is 1. The van der Waals surface area contributed by atoms with E-state index < -0.39 is 17.6 Å². The third kappa shape index (κ3) is 3.97. The molecule has 3 aromatic rings. The van der Waals surface area contributed by atoms with E-state index >= 15 is 0 Å². The molecule has 0 bridgehead atoms. The number of hydrogen-bond acceptors (Lipinski definition) is 4. The molecule has 1 amide bonds. The predicted octanol–water partition coefficient (Wildman–Crippen LogP) is 3.34. The lowest BCUT2D eigenvalue weighted by Crippen LogP contribution is -2.32. The SMILES string of the molecule is Cc1nn(C)c2sc(C(=O)N(CCC(=O)O)Cc3ccc(F)c(F)c3)cc12. The highest BCUT2D eigenvalue weighted by molar-refractivity contribution is 7.20. The summed E-state index contributed by atoms with van der Waals surface area (Å²) in [5, 5.41) is 14.1. The first-order valence-corrected chi connectivity index (χ1v) is 8.96. The summed E-state index contributed by atoms with van der Waals surface area (Å²) >= 11 is 1.26. The molecule has 0 radical (unpaired) electrons. The van der Waals surface area contributed by atoms with Crippen molar-refractivity contribution in [1.29, 1.82) is 0 Å². The summed E-state index contributed by atoms with van der Waals surface area (Å²) in [7, 11) is 1.78. The van der Waals surface area contributed by atoms with E-state index in [4.69, 9.17) is 5.11 Å². The number of thiophene rings is 1. The van der Waals surface area contributed by atoms with Crippen molar-refractivity contribution in [3.8, 4) is 0 Å². The lowest BCUT2D eigenvalue weighted by Gasteiger charge is -2.21. The fraction of sp³-hybridized carbons (Fsp3) is 0.278. The molecule has 3 rings (SSSR count). The molecule has 0 aliphatic carbocycles. The molecule has 0 spiro atoms. The molecule has 0 atom stereocenters. The standard InChI is InChI=1S/C18H17F2N3O3S/c1-10-12-8-15(27-18(12)22(2)21-10)17(26)23(6-5-16(24)25)9-11-3-4-13(19)14(20)7-11/h3-4,7-8H,5-6,9H2,1-2H3,(H,24,25). The van der Waals surface area contributed by atoms with E-state index in [1.54, 1.807) is 17.8 Å². The van der Waals surface area contributed by atoms with Crippen molar-refractivity contribution in [2.45, 2.75) is 19.9 Å². The molecule has 6 nitrogen and oxygen atoms in total. The van der Waals surface area contributed by atoms with Crippen LogP contribution in [0, 0.1) is 18.6 Å². The first-order valence-electron chi connectivity index (χ1n) is 8.14. The minimum absolute atomic E-state index is 0.0191. The van der Waals surface area contributed by atoms with Gasteiger partial charge in [-0.1, -0.05) is 6.07 Å². The van der Waals surface area contributed by atoms with Gasteiger partial charge in [0, 0.05) is 25.5 Å². The number of aromatic nitrogens is 2. The van der Waals surface area contributed by atoms with Crippen molar-refractivity contribution >= 4 is 33.4 Å². The quantitative estimate of drug-likeness (QED) is 0.697. The Morgan fingerprint density at radius 2 is 2.00 bits per heavy atom. The van der Waals surface area contributed by atoms with Crippen LogP contribution in [-0.4, -0.2) is 38.2 Å². The van der Waals surface area contributed by atoms with Gasteiger partial charge in [0.2, 0.25) is 0 Å². The molecule has 0 saturated carbocycles. The normalized spacial score (nSPS) is 11.1. The van der Waals surface area contributed by atoms with Crippen LogP contribution in [-0.2, 0) is 18.4 Å². The molecule has 2 heterocycles. The second-order valence-electron chi connectivity index (χ2n) is 6.16. The summed E-state index contributed by atoms with van der Waals surface area (Å²) in [5.74, 6) is -3.40. The van der Waals surface area contributed by atoms with Crippen LogP contribution >= 0.6 is 11.3 Å². The van der Waals surface area contributed by atoms with Crippen LogP contribution in [0.15, 0.2) is 24.3 Å². The Balaban J connectivity index is 1.90. The van der Waals surface area contributed by atoms with Crippen molar-refractivity contribution in [1.82, 2.24) is 14.7 Å². The maximum atomic E-state index is 13.5. The fourth-order valence-corrected chi connectivity index (χ4v) is 3.90. The minimum atomic E-state index is -1.05. The number of carboxylic acids is 1. The van der Waals surface area contributed by atoms with Crippen molar-refractivity contribution in [3.05, 3.63) is 52.0 Å². The number of carboxylic acid groups (broad SMARTS) is 1. The minimum Gasteiger partial charge on any atom is -0.481 e. The highest BCUT2D eigenvalue weighted by Crippen LogP contribution is 2.29. The van der Waals surface area contributed by atoms with Crippen LogP contribution in [0.4, 0.5) is 8.78 Å². The van der Waals surface area contributed by atoms with Gasteiger partial charge in [0.25, 0.3) is 5.91 Å². The summed E-state index contributed by atoms with van der Waals surface area (Å²) in [4.78, 5) is 26.5. The first-order chi connectivity index (χ1) is 12.8. The molecule has 2 aromatic heterocycles. The highest BCUT2D eigenvalue weighted by atomic mass is 32.1. The third-order valence-electron chi connectivity index (χ3n) is 4.15. The number of fused-ring (bicyclic) bond motifs is 1. The zero-order valence-electron chi connectivity index (χ0n) is 14.7. The number of halogens is 2. The molecule has 0 unspecified atom stereocenters. The maximum Gasteiger partial charge on any atom is 0.305 e. The fourth-order valence-electron chi connectivity index (χ4n) is 2.81. The van der Waals surface area contributed by atoms with Gasteiger partial charge in [-0.2, -0.15) is 5.10 Å². The van der Waals surface area contributed by atoms with Crippen molar-refractivity contribution in [3.63, 3.8) is 0 Å². The molecular weight excluding hydrogens is 376 g/mol. The zero-order chi connectivity index (χ0) is 19.7. The summed E-state index contributed by atoms with van der Waals surface area (Å²) in [5.41, 5.74) is 1.17. The van der Waals surface area contributed by atoms with E-state index in [9.17, 15) is 18.4 Å². The predicted molar refractivity (Wildman–Crippen MR) is 96.7 cm³/mol. The monoisotopic (exact) mass is 393 g/mol. The lowest BCUT2D eigenvalue weighted by molar-refractivity contribution is -0.137. The summed E-state index contributed by atoms with van der Waals surface area (Å²) < 4.78 is 28.3. The average molecular weight is 393 g/mol. The van der Waals surface area contributed by atoms with Crippen molar-refractivity contribution < 1.29 is 23.5 Å². The topological polar surface area (TPSA) is 75.4 Å². The molecule has 27 heavy (non-hydrogen) atoms. The molecule has 0 aliphatic rings. The second-order valence-corrected chi connectivity index (χ2v) is 7.19. The van der Waals surface area contributed by atoms with Gasteiger partial charge in [0.05, 0.1) is 17.0 Å². The maximum absolute atomic E-state index is 13.5. The van der Waals surface area contributed by atoms with Gasteiger partial charge in [-0.15, -0.1) is 11.3 Å². The number of nitrogens with zero attached hydrogens (tertiary/aromatic N) is 3. The van der Waals surface area contributed by atoms with Gasteiger partial charge in [0.15, 0.2) is 11.6 Å². The summed E-state index contributed by atoms with van der Waals surface area (Å²) in [6.07, 6.45) is -0.249. The number of hydrogen-bond donors (Lipinski definition) is 1. The Morgan fingerprint density at radius 1 is 1.26 bits per heavy atom. The number of benzene rings is 1. The van der Waals surface area contributed by atoms with Crippen LogP contribution in [0.25, 0.3) is 10.2 Å². The number of aryl methyl sites for hydroxylation is 2. The average Bonchev–Trinajstić information content (AvgIpc) is 3.16. The summed E-state index contributed by atoms with van der Waals surface area (Å²) in [6.45, 7) is 1.78. The number of rotatable bonds is 6. The van der Waals surface area contributed by atoms with Crippen LogP contribution in [0.2, 0.25) is 0 Å². The van der Waals surface area contributed by atoms with E-state index in [0.717, 1.165) is 28.0 Å². The van der Waals surface area contributed by atoms with Crippen molar-refractivity contribution in [2.24, 2.45) is 7.05 Å². The van der Waals surface area contributed by atoms with Gasteiger partial charge in [-0.05, 0) is 30.7 Å². The Kier molecular flexibility index (Phi) is 5.22. The van der Waals surface area contributed by atoms with Gasteiger partial charge < -0.3 is 10.0 Å². The Bertz CT molecular complexity index is 994. The van der Waals surface area contributed by atoms with Crippen LogP contribution in [0.1, 0.15) is 27.3 Å². The summed E-state index contributed by atoms with van der Waals surface area (Å²) in [6, 6.07) is 5.09. The number of carbonyl (C=O) groups is 2.